The molecule has 0 saturated carbocycles. The van der Waals surface area contributed by atoms with Gasteiger partial charge < -0.3 is 5.32 Å². The van der Waals surface area contributed by atoms with Crippen LogP contribution in [0.2, 0.25) is 0 Å². The molecular weight excluding hydrogens is 298 g/mol. The number of nitrogens with one attached hydrogen (secondary N) is 1. The summed E-state index contributed by atoms with van der Waals surface area (Å²) in [5.74, 6) is -4.21. The van der Waals surface area contributed by atoms with E-state index >= 15 is 0 Å². The van der Waals surface area contributed by atoms with Crippen molar-refractivity contribution in [2.24, 2.45) is 0 Å². The van der Waals surface area contributed by atoms with E-state index in [1.54, 1.807) is 0 Å². The third kappa shape index (κ3) is 4.31. The molecule has 116 valence electrons. The average Bonchev–Trinajstić information content (AvgIpc) is 2.47. The molecule has 1 N–H and O–H groups in total. The van der Waals surface area contributed by atoms with Gasteiger partial charge in [-0.25, -0.2) is 17.6 Å². The predicted octanol–water partition coefficient (Wildman–Crippen LogP) is 3.14. The molecule has 0 aromatic heterocycles. The Hall–Kier alpha value is -2.37. The maximum atomic E-state index is 13.0. The molecule has 0 aliphatic heterocycles. The zero-order valence-corrected chi connectivity index (χ0v) is 11.5. The van der Waals surface area contributed by atoms with Gasteiger partial charge in [0.1, 0.15) is 0 Å². The summed E-state index contributed by atoms with van der Waals surface area (Å²) in [7, 11) is 0. The number of amides is 1. The second-order valence-electron chi connectivity index (χ2n) is 4.77. The quantitative estimate of drug-likeness (QED) is 0.845. The summed E-state index contributed by atoms with van der Waals surface area (Å²) in [6, 6.07) is 6.77. The number of halogens is 4. The Morgan fingerprint density at radius 2 is 1.36 bits per heavy atom. The predicted molar refractivity (Wildman–Crippen MR) is 73.1 cm³/mol. The SMILES string of the molecule is O=C(Cc1ccc(F)c(F)c1)NCCc1ccc(F)c(F)c1. The molecule has 2 aromatic rings. The van der Waals surface area contributed by atoms with E-state index in [-0.39, 0.29) is 18.9 Å². The van der Waals surface area contributed by atoms with E-state index in [1.807, 2.05) is 0 Å². The summed E-state index contributed by atoms with van der Waals surface area (Å²) in [5.41, 5.74) is 0.899. The first-order valence-corrected chi connectivity index (χ1v) is 6.60. The molecule has 0 fully saturated rings. The minimum atomic E-state index is -1.01. The number of rotatable bonds is 5. The van der Waals surface area contributed by atoms with E-state index in [0.717, 1.165) is 24.3 Å². The van der Waals surface area contributed by atoms with Gasteiger partial charge >= 0.3 is 0 Å². The van der Waals surface area contributed by atoms with Crippen LogP contribution >= 0.6 is 0 Å². The fraction of sp³-hybridized carbons (Fsp3) is 0.188. The largest absolute Gasteiger partial charge is 0.355 e. The molecule has 2 nitrogen and oxygen atoms in total. The molecule has 0 radical (unpaired) electrons. The van der Waals surface area contributed by atoms with Crippen molar-refractivity contribution in [2.45, 2.75) is 12.8 Å². The van der Waals surface area contributed by atoms with Gasteiger partial charge in [-0.1, -0.05) is 12.1 Å². The number of carbonyl (C=O) groups excluding carboxylic acids is 1. The molecule has 2 aromatic carbocycles. The van der Waals surface area contributed by atoms with Crippen molar-refractivity contribution in [3.63, 3.8) is 0 Å². The molecular formula is C16H13F4NO. The highest BCUT2D eigenvalue weighted by Crippen LogP contribution is 2.10. The minimum Gasteiger partial charge on any atom is -0.355 e. The molecule has 0 atom stereocenters. The van der Waals surface area contributed by atoms with Crippen molar-refractivity contribution in [3.05, 3.63) is 70.8 Å². The molecule has 0 unspecified atom stereocenters. The fourth-order valence-corrected chi connectivity index (χ4v) is 1.94. The number of benzene rings is 2. The molecule has 6 heteroatoms. The van der Waals surface area contributed by atoms with Gasteiger partial charge in [0.15, 0.2) is 23.3 Å². The van der Waals surface area contributed by atoms with Crippen LogP contribution in [-0.4, -0.2) is 12.5 Å². The smallest absolute Gasteiger partial charge is 0.224 e. The van der Waals surface area contributed by atoms with Gasteiger partial charge in [-0.05, 0) is 41.8 Å². The lowest BCUT2D eigenvalue weighted by Gasteiger charge is -2.06. The summed E-state index contributed by atoms with van der Waals surface area (Å²) >= 11 is 0. The Morgan fingerprint density at radius 3 is 1.95 bits per heavy atom. The molecule has 0 aliphatic rings. The molecule has 0 heterocycles. The van der Waals surface area contributed by atoms with Crippen molar-refractivity contribution in [3.8, 4) is 0 Å². The lowest BCUT2D eigenvalue weighted by Crippen LogP contribution is -2.27. The molecule has 0 aliphatic carbocycles. The highest BCUT2D eigenvalue weighted by Gasteiger charge is 2.07. The fourth-order valence-electron chi connectivity index (χ4n) is 1.94. The summed E-state index contributed by atoms with van der Waals surface area (Å²) in [4.78, 5) is 11.7. The molecule has 22 heavy (non-hydrogen) atoms. The standard InChI is InChI=1S/C16H13F4NO/c17-12-3-1-10(7-14(12)19)5-6-21-16(22)9-11-2-4-13(18)15(20)8-11/h1-4,7-8H,5-6,9H2,(H,21,22). The van der Waals surface area contributed by atoms with Crippen LogP contribution in [-0.2, 0) is 17.6 Å². The second kappa shape index (κ2) is 7.06. The molecule has 1 amide bonds. The Kier molecular flexibility index (Phi) is 5.14. The van der Waals surface area contributed by atoms with Gasteiger partial charge in [0.25, 0.3) is 0 Å². The van der Waals surface area contributed by atoms with Gasteiger partial charge in [0, 0.05) is 6.54 Å². The molecule has 0 spiro atoms. The lowest BCUT2D eigenvalue weighted by atomic mass is 10.1. The topological polar surface area (TPSA) is 29.1 Å². The monoisotopic (exact) mass is 311 g/mol. The second-order valence-corrected chi connectivity index (χ2v) is 4.77. The third-order valence-electron chi connectivity index (χ3n) is 3.07. The van der Waals surface area contributed by atoms with Crippen molar-refractivity contribution >= 4 is 5.91 Å². The minimum absolute atomic E-state index is 0.0883. The van der Waals surface area contributed by atoms with Crippen LogP contribution in [0.3, 0.4) is 0 Å². The van der Waals surface area contributed by atoms with Crippen molar-refractivity contribution in [1.29, 1.82) is 0 Å². The van der Waals surface area contributed by atoms with Gasteiger partial charge in [-0.15, -0.1) is 0 Å². The maximum absolute atomic E-state index is 13.0. The van der Waals surface area contributed by atoms with Gasteiger partial charge in [0.05, 0.1) is 6.42 Å². The summed E-state index contributed by atoms with van der Waals surface area (Å²) in [6.45, 7) is 0.230. The molecule has 0 bridgehead atoms. The zero-order chi connectivity index (χ0) is 16.1. The van der Waals surface area contributed by atoms with Crippen LogP contribution in [0.25, 0.3) is 0 Å². The van der Waals surface area contributed by atoms with Crippen LogP contribution in [0.1, 0.15) is 11.1 Å². The van der Waals surface area contributed by atoms with Crippen LogP contribution < -0.4 is 5.32 Å². The average molecular weight is 311 g/mol. The zero-order valence-electron chi connectivity index (χ0n) is 11.5. The van der Waals surface area contributed by atoms with Crippen molar-refractivity contribution < 1.29 is 22.4 Å². The first-order chi connectivity index (χ1) is 10.5. The van der Waals surface area contributed by atoms with Crippen LogP contribution in [0.5, 0.6) is 0 Å². The third-order valence-corrected chi connectivity index (χ3v) is 3.07. The first kappa shape index (κ1) is 16.0. The van der Waals surface area contributed by atoms with E-state index in [2.05, 4.69) is 5.32 Å². The highest BCUT2D eigenvalue weighted by atomic mass is 19.2. The Balaban J connectivity index is 1.82. The van der Waals surface area contributed by atoms with E-state index < -0.39 is 23.3 Å². The maximum Gasteiger partial charge on any atom is 0.224 e. The molecule has 0 saturated heterocycles. The summed E-state index contributed by atoms with van der Waals surface area (Å²) in [6.07, 6.45) is 0.246. The van der Waals surface area contributed by atoms with E-state index in [1.165, 1.54) is 12.1 Å². The van der Waals surface area contributed by atoms with Gasteiger partial charge in [-0.2, -0.15) is 0 Å². The summed E-state index contributed by atoms with van der Waals surface area (Å²) in [5, 5.41) is 2.58. The lowest BCUT2D eigenvalue weighted by molar-refractivity contribution is -0.120. The van der Waals surface area contributed by atoms with Crippen LogP contribution in [0.15, 0.2) is 36.4 Å². The van der Waals surface area contributed by atoms with E-state index in [0.29, 0.717) is 17.5 Å². The first-order valence-electron chi connectivity index (χ1n) is 6.60. The van der Waals surface area contributed by atoms with Crippen molar-refractivity contribution in [2.75, 3.05) is 6.54 Å². The Labute approximate surface area is 124 Å². The van der Waals surface area contributed by atoms with Gasteiger partial charge in [-0.3, -0.25) is 4.79 Å². The van der Waals surface area contributed by atoms with E-state index in [4.69, 9.17) is 0 Å². The van der Waals surface area contributed by atoms with Crippen molar-refractivity contribution in [1.82, 2.24) is 5.32 Å². The Morgan fingerprint density at radius 1 is 0.818 bits per heavy atom. The summed E-state index contributed by atoms with van der Waals surface area (Å²) < 4.78 is 51.5. The highest BCUT2D eigenvalue weighted by molar-refractivity contribution is 5.78. The number of carbonyl (C=O) groups is 1. The van der Waals surface area contributed by atoms with E-state index in [9.17, 15) is 22.4 Å². The van der Waals surface area contributed by atoms with Crippen LogP contribution in [0, 0.1) is 23.3 Å². The number of hydrogen-bond donors (Lipinski definition) is 1. The number of hydrogen-bond acceptors (Lipinski definition) is 1. The van der Waals surface area contributed by atoms with Gasteiger partial charge in [0.2, 0.25) is 5.91 Å². The molecule has 2 rings (SSSR count). The van der Waals surface area contributed by atoms with Crippen LogP contribution in [0.4, 0.5) is 17.6 Å². The Bertz CT molecular complexity index is 688. The normalized spacial score (nSPS) is 10.5.